The van der Waals surface area contributed by atoms with Gasteiger partial charge in [0.25, 0.3) is 0 Å². The van der Waals surface area contributed by atoms with Crippen LogP contribution in [0.2, 0.25) is 0 Å². The summed E-state index contributed by atoms with van der Waals surface area (Å²) in [5.74, 6) is 1.96. The molecule has 1 aliphatic heterocycles. The molecular formula is C21H24N4O3S2. The molecule has 1 aliphatic rings. The van der Waals surface area contributed by atoms with Crippen molar-refractivity contribution in [3.05, 3.63) is 47.3 Å². The van der Waals surface area contributed by atoms with Crippen LogP contribution in [0.1, 0.15) is 28.7 Å². The molecule has 0 amide bonds. The Kier molecular flexibility index (Phi) is 6.29. The number of ketones is 1. The minimum Gasteiger partial charge on any atom is -0.486 e. The fourth-order valence-electron chi connectivity index (χ4n) is 3.42. The predicted molar refractivity (Wildman–Crippen MR) is 119 cm³/mol. The summed E-state index contributed by atoms with van der Waals surface area (Å²) < 4.78 is 14.8. The number of thioether (sulfide) groups is 1. The average Bonchev–Trinajstić information content (AvgIpc) is 3.31. The lowest BCUT2D eigenvalue weighted by molar-refractivity contribution is 0.0777. The molecule has 0 radical (unpaired) electrons. The van der Waals surface area contributed by atoms with Gasteiger partial charge < -0.3 is 19.4 Å². The number of para-hydroxylation sites is 2. The van der Waals surface area contributed by atoms with Gasteiger partial charge in [-0.25, -0.2) is 0 Å². The van der Waals surface area contributed by atoms with Crippen molar-refractivity contribution in [1.82, 2.24) is 14.8 Å². The summed E-state index contributed by atoms with van der Waals surface area (Å²) in [4.78, 5) is 12.8. The number of benzene rings is 1. The summed E-state index contributed by atoms with van der Waals surface area (Å²) in [5.41, 5.74) is 2.73. The van der Waals surface area contributed by atoms with Crippen molar-refractivity contribution in [2.24, 2.45) is 0 Å². The standard InChI is InChI=1S/C21H24N4O3S2/c1-4-22-20-23-24-21(30-20)29-12-17(26)16-9-13(2)25(14(16)3)10-15-11-27-18-7-5-6-8-19(18)28-15/h5-9,15H,4,10-12H2,1-3H3,(H,22,23)/t15-/m1/s1. The van der Waals surface area contributed by atoms with Crippen molar-refractivity contribution in [3.8, 4) is 11.5 Å². The summed E-state index contributed by atoms with van der Waals surface area (Å²) in [6.07, 6.45) is -0.104. The predicted octanol–water partition coefficient (Wildman–Crippen LogP) is 4.20. The van der Waals surface area contributed by atoms with Gasteiger partial charge in [0.1, 0.15) is 6.61 Å². The number of nitrogens with one attached hydrogen (secondary N) is 1. The smallest absolute Gasteiger partial charge is 0.206 e. The van der Waals surface area contributed by atoms with Crippen molar-refractivity contribution in [1.29, 1.82) is 0 Å². The van der Waals surface area contributed by atoms with E-state index >= 15 is 0 Å². The Morgan fingerprint density at radius 3 is 2.90 bits per heavy atom. The number of carbonyl (C=O) groups is 1. The molecule has 0 saturated carbocycles. The fraction of sp³-hybridized carbons (Fsp3) is 0.381. The van der Waals surface area contributed by atoms with Gasteiger partial charge in [-0.05, 0) is 39.0 Å². The molecule has 2 aromatic heterocycles. The zero-order valence-corrected chi connectivity index (χ0v) is 18.8. The molecule has 0 saturated heterocycles. The van der Waals surface area contributed by atoms with Gasteiger partial charge in [-0.1, -0.05) is 35.2 Å². The second-order valence-corrected chi connectivity index (χ2v) is 9.21. The number of nitrogens with zero attached hydrogens (tertiary/aromatic N) is 3. The zero-order chi connectivity index (χ0) is 21.1. The minimum absolute atomic E-state index is 0.0886. The highest BCUT2D eigenvalue weighted by atomic mass is 32.2. The van der Waals surface area contributed by atoms with Crippen LogP contribution >= 0.6 is 23.1 Å². The van der Waals surface area contributed by atoms with E-state index in [0.29, 0.717) is 18.9 Å². The van der Waals surface area contributed by atoms with E-state index in [4.69, 9.17) is 9.47 Å². The van der Waals surface area contributed by atoms with E-state index in [2.05, 4.69) is 20.1 Å². The molecule has 0 fully saturated rings. The monoisotopic (exact) mass is 444 g/mol. The lowest BCUT2D eigenvalue weighted by atomic mass is 10.2. The summed E-state index contributed by atoms with van der Waals surface area (Å²) in [6.45, 7) is 7.92. The van der Waals surface area contributed by atoms with Gasteiger partial charge >= 0.3 is 0 Å². The third kappa shape index (κ3) is 4.46. The Balaban J connectivity index is 1.41. The Bertz CT molecular complexity index is 1050. The molecule has 0 bridgehead atoms. The van der Waals surface area contributed by atoms with Crippen LogP contribution < -0.4 is 14.8 Å². The molecule has 1 aromatic carbocycles. The van der Waals surface area contributed by atoms with E-state index in [0.717, 1.165) is 44.5 Å². The first-order chi connectivity index (χ1) is 14.5. The maximum atomic E-state index is 12.8. The third-order valence-electron chi connectivity index (χ3n) is 4.89. The van der Waals surface area contributed by atoms with Crippen molar-refractivity contribution >= 4 is 34.0 Å². The first-order valence-corrected chi connectivity index (χ1v) is 11.6. The summed E-state index contributed by atoms with van der Waals surface area (Å²) in [6, 6.07) is 9.65. The van der Waals surface area contributed by atoms with Crippen molar-refractivity contribution in [2.75, 3.05) is 24.2 Å². The van der Waals surface area contributed by atoms with Gasteiger partial charge in [0.15, 0.2) is 27.7 Å². The van der Waals surface area contributed by atoms with Crippen molar-refractivity contribution < 1.29 is 14.3 Å². The number of aromatic nitrogens is 3. The van der Waals surface area contributed by atoms with Crippen molar-refractivity contribution in [3.63, 3.8) is 0 Å². The topological polar surface area (TPSA) is 78.3 Å². The molecule has 30 heavy (non-hydrogen) atoms. The largest absolute Gasteiger partial charge is 0.486 e. The van der Waals surface area contributed by atoms with Crippen LogP contribution in [0.3, 0.4) is 0 Å². The molecule has 9 heteroatoms. The molecule has 1 N–H and O–H groups in total. The number of rotatable bonds is 8. The molecule has 0 unspecified atom stereocenters. The van der Waals surface area contributed by atoms with Crippen LogP contribution in [0.5, 0.6) is 11.5 Å². The number of anilines is 1. The highest BCUT2D eigenvalue weighted by Crippen LogP contribution is 2.32. The number of fused-ring (bicyclic) bond motifs is 1. The van der Waals surface area contributed by atoms with Crippen molar-refractivity contribution in [2.45, 2.75) is 37.8 Å². The second kappa shape index (κ2) is 9.09. The third-order valence-corrected chi connectivity index (χ3v) is 6.90. The first kappa shape index (κ1) is 20.7. The van der Waals surface area contributed by atoms with E-state index in [9.17, 15) is 4.79 Å². The van der Waals surface area contributed by atoms with Crippen LogP contribution in [-0.2, 0) is 6.54 Å². The summed E-state index contributed by atoms with van der Waals surface area (Å²) >= 11 is 2.89. The summed E-state index contributed by atoms with van der Waals surface area (Å²) in [7, 11) is 0. The number of hydrogen-bond acceptors (Lipinski definition) is 8. The Morgan fingerprint density at radius 1 is 1.30 bits per heavy atom. The minimum atomic E-state index is -0.104. The van der Waals surface area contributed by atoms with Crippen LogP contribution in [-0.4, -0.2) is 45.6 Å². The molecule has 3 heterocycles. The lowest BCUT2D eigenvalue weighted by Crippen LogP contribution is -2.33. The van der Waals surface area contributed by atoms with E-state index in [1.807, 2.05) is 51.1 Å². The van der Waals surface area contributed by atoms with Gasteiger partial charge in [0.2, 0.25) is 5.13 Å². The van der Waals surface area contributed by atoms with Crippen LogP contribution in [0, 0.1) is 13.8 Å². The molecule has 3 aromatic rings. The number of Topliss-reactive ketones (excluding diaryl/α,β-unsaturated/α-hetero) is 1. The van der Waals surface area contributed by atoms with E-state index in [1.165, 1.54) is 23.1 Å². The van der Waals surface area contributed by atoms with E-state index < -0.39 is 0 Å². The maximum absolute atomic E-state index is 12.8. The molecule has 0 spiro atoms. The highest BCUT2D eigenvalue weighted by molar-refractivity contribution is 8.01. The van der Waals surface area contributed by atoms with Gasteiger partial charge in [-0.2, -0.15) is 0 Å². The number of hydrogen-bond donors (Lipinski definition) is 1. The van der Waals surface area contributed by atoms with Gasteiger partial charge in [0.05, 0.1) is 12.3 Å². The first-order valence-electron chi connectivity index (χ1n) is 9.83. The van der Waals surface area contributed by atoms with Crippen LogP contribution in [0.25, 0.3) is 0 Å². The number of ether oxygens (including phenoxy) is 2. The fourth-order valence-corrected chi connectivity index (χ4v) is 5.12. The molecule has 1 atom stereocenters. The SMILES string of the molecule is CCNc1nnc(SCC(=O)c2cc(C)n(C[C@@H]3COc4ccccc4O3)c2C)s1. The van der Waals surface area contributed by atoms with Gasteiger partial charge in [-0.15, -0.1) is 10.2 Å². The van der Waals surface area contributed by atoms with Gasteiger partial charge in [0, 0.05) is 23.5 Å². The average molecular weight is 445 g/mol. The Labute approximate surface area is 183 Å². The normalized spacial score (nSPS) is 15.2. The molecule has 7 nitrogen and oxygen atoms in total. The Hall–Kier alpha value is -2.52. The molecule has 0 aliphatic carbocycles. The van der Waals surface area contributed by atoms with E-state index in [1.54, 1.807) is 0 Å². The second-order valence-electron chi connectivity index (χ2n) is 7.01. The zero-order valence-electron chi connectivity index (χ0n) is 17.2. The number of carbonyl (C=O) groups excluding carboxylic acids is 1. The molecular weight excluding hydrogens is 420 g/mol. The van der Waals surface area contributed by atoms with E-state index in [-0.39, 0.29) is 11.9 Å². The van der Waals surface area contributed by atoms with Crippen LogP contribution in [0.15, 0.2) is 34.7 Å². The lowest BCUT2D eigenvalue weighted by Gasteiger charge is -2.27. The van der Waals surface area contributed by atoms with Gasteiger partial charge in [-0.3, -0.25) is 4.79 Å². The number of aryl methyl sites for hydroxylation is 1. The maximum Gasteiger partial charge on any atom is 0.206 e. The summed E-state index contributed by atoms with van der Waals surface area (Å²) in [5, 5.41) is 12.1. The van der Waals surface area contributed by atoms with Crippen LogP contribution in [0.4, 0.5) is 5.13 Å². The quantitative estimate of drug-likeness (QED) is 0.412. The molecule has 4 rings (SSSR count). The highest BCUT2D eigenvalue weighted by Gasteiger charge is 2.24. The Morgan fingerprint density at radius 2 is 2.10 bits per heavy atom. The molecule has 158 valence electrons.